The number of rotatable bonds is 3. The molecule has 108 valence electrons. The number of amides is 1. The summed E-state index contributed by atoms with van der Waals surface area (Å²) in [5, 5.41) is 12.6. The van der Waals surface area contributed by atoms with E-state index in [1.807, 2.05) is 18.2 Å². The second-order valence-electron chi connectivity index (χ2n) is 5.22. The van der Waals surface area contributed by atoms with E-state index in [0.29, 0.717) is 0 Å². The molecule has 4 heteroatoms. The predicted molar refractivity (Wildman–Crippen MR) is 83.9 cm³/mol. The van der Waals surface area contributed by atoms with Crippen molar-refractivity contribution < 1.29 is 9.90 Å². The van der Waals surface area contributed by atoms with Crippen LogP contribution in [-0.4, -0.2) is 24.1 Å². The fourth-order valence-corrected chi connectivity index (χ4v) is 2.62. The van der Waals surface area contributed by atoms with Crippen molar-refractivity contribution in [3.63, 3.8) is 0 Å². The van der Waals surface area contributed by atoms with Crippen molar-refractivity contribution in [1.29, 1.82) is 0 Å². The minimum atomic E-state index is -0.299. The Bertz CT molecular complexity index is 649. The van der Waals surface area contributed by atoms with Crippen LogP contribution in [0.1, 0.15) is 23.2 Å². The van der Waals surface area contributed by atoms with E-state index < -0.39 is 0 Å². The van der Waals surface area contributed by atoms with Crippen molar-refractivity contribution in [1.82, 2.24) is 0 Å². The smallest absolute Gasteiger partial charge is 0.259 e. The number of nitrogens with zero attached hydrogens (tertiary/aromatic N) is 1. The topological polar surface area (TPSA) is 52.6 Å². The molecule has 4 nitrogen and oxygen atoms in total. The molecule has 0 spiro atoms. The first kappa shape index (κ1) is 13.5. The van der Waals surface area contributed by atoms with E-state index in [9.17, 15) is 9.90 Å². The summed E-state index contributed by atoms with van der Waals surface area (Å²) in [6.07, 6.45) is 2.43. The molecule has 0 bridgehead atoms. The van der Waals surface area contributed by atoms with Crippen molar-refractivity contribution in [2.75, 3.05) is 23.3 Å². The molecule has 1 fully saturated rings. The molecule has 3 rings (SSSR count). The summed E-state index contributed by atoms with van der Waals surface area (Å²) in [4.78, 5) is 14.5. The molecule has 0 unspecified atom stereocenters. The van der Waals surface area contributed by atoms with Crippen LogP contribution < -0.4 is 10.2 Å². The van der Waals surface area contributed by atoms with Crippen molar-refractivity contribution in [2.24, 2.45) is 0 Å². The number of phenols is 1. The molecule has 1 amide bonds. The van der Waals surface area contributed by atoms with Gasteiger partial charge in [0.05, 0.1) is 5.56 Å². The van der Waals surface area contributed by atoms with Crippen LogP contribution in [0.2, 0.25) is 0 Å². The number of nitrogens with one attached hydrogen (secondary N) is 1. The van der Waals surface area contributed by atoms with Gasteiger partial charge in [0.2, 0.25) is 0 Å². The third-order valence-corrected chi connectivity index (χ3v) is 3.72. The molecule has 2 aromatic rings. The van der Waals surface area contributed by atoms with Crippen molar-refractivity contribution in [3.8, 4) is 5.75 Å². The van der Waals surface area contributed by atoms with Crippen LogP contribution in [-0.2, 0) is 0 Å². The van der Waals surface area contributed by atoms with Gasteiger partial charge in [0.1, 0.15) is 5.75 Å². The van der Waals surface area contributed by atoms with Crippen molar-refractivity contribution >= 4 is 17.3 Å². The fraction of sp³-hybridized carbons (Fsp3) is 0.235. The Morgan fingerprint density at radius 3 is 2.57 bits per heavy atom. The lowest BCUT2D eigenvalue weighted by Crippen LogP contribution is -2.18. The molecule has 0 aromatic heterocycles. The van der Waals surface area contributed by atoms with Gasteiger partial charge in [0.25, 0.3) is 5.91 Å². The van der Waals surface area contributed by atoms with Gasteiger partial charge >= 0.3 is 0 Å². The number of anilines is 2. The minimum absolute atomic E-state index is 0.00861. The van der Waals surface area contributed by atoms with Gasteiger partial charge in [-0.2, -0.15) is 0 Å². The van der Waals surface area contributed by atoms with Gasteiger partial charge in [0, 0.05) is 24.5 Å². The Morgan fingerprint density at radius 2 is 1.81 bits per heavy atom. The third kappa shape index (κ3) is 2.99. The predicted octanol–water partition coefficient (Wildman–Crippen LogP) is 3.24. The van der Waals surface area contributed by atoms with E-state index >= 15 is 0 Å². The molecule has 2 N–H and O–H groups in total. The minimum Gasteiger partial charge on any atom is -0.507 e. The number of carbonyl (C=O) groups excluding carboxylic acids is 1. The van der Waals surface area contributed by atoms with Crippen LogP contribution in [0.4, 0.5) is 11.4 Å². The summed E-state index contributed by atoms with van der Waals surface area (Å²) >= 11 is 0. The molecule has 2 aromatic carbocycles. The highest BCUT2D eigenvalue weighted by molar-refractivity contribution is 6.06. The zero-order valence-electron chi connectivity index (χ0n) is 11.7. The maximum absolute atomic E-state index is 12.2. The van der Waals surface area contributed by atoms with E-state index in [-0.39, 0.29) is 17.2 Å². The standard InChI is InChI=1S/C17H18N2O2/c20-16-9-2-1-8-15(16)17(21)18-13-6-5-7-14(12-13)19-10-3-4-11-19/h1-2,5-9,12,20H,3-4,10-11H2,(H,18,21). The first-order chi connectivity index (χ1) is 10.2. The van der Waals surface area contributed by atoms with Gasteiger partial charge in [-0.05, 0) is 43.2 Å². The second-order valence-corrected chi connectivity index (χ2v) is 5.22. The van der Waals surface area contributed by atoms with E-state index in [0.717, 1.165) is 24.5 Å². The highest BCUT2D eigenvalue weighted by Crippen LogP contribution is 2.24. The monoisotopic (exact) mass is 282 g/mol. The largest absolute Gasteiger partial charge is 0.507 e. The van der Waals surface area contributed by atoms with Crippen LogP contribution in [0, 0.1) is 0 Å². The van der Waals surface area contributed by atoms with Gasteiger partial charge < -0.3 is 15.3 Å². The summed E-state index contributed by atoms with van der Waals surface area (Å²) in [6, 6.07) is 14.4. The summed E-state index contributed by atoms with van der Waals surface area (Å²) in [7, 11) is 0. The van der Waals surface area contributed by atoms with Gasteiger partial charge in [0.15, 0.2) is 0 Å². The van der Waals surface area contributed by atoms with Gasteiger partial charge in [-0.1, -0.05) is 18.2 Å². The molecular weight excluding hydrogens is 264 g/mol. The van der Waals surface area contributed by atoms with Crippen LogP contribution in [0.3, 0.4) is 0 Å². The molecular formula is C17H18N2O2. The molecule has 0 saturated carbocycles. The Balaban J connectivity index is 1.77. The van der Waals surface area contributed by atoms with Crippen LogP contribution in [0.5, 0.6) is 5.75 Å². The average molecular weight is 282 g/mol. The lowest BCUT2D eigenvalue weighted by molar-refractivity contribution is 0.102. The number of para-hydroxylation sites is 1. The fourth-order valence-electron chi connectivity index (χ4n) is 2.62. The summed E-state index contributed by atoms with van der Waals surface area (Å²) < 4.78 is 0. The van der Waals surface area contributed by atoms with Crippen LogP contribution in [0.15, 0.2) is 48.5 Å². The molecule has 21 heavy (non-hydrogen) atoms. The highest BCUT2D eigenvalue weighted by atomic mass is 16.3. The second kappa shape index (κ2) is 5.87. The molecule has 0 atom stereocenters. The van der Waals surface area contributed by atoms with E-state index in [1.54, 1.807) is 18.2 Å². The molecule has 1 heterocycles. The molecule has 0 aliphatic carbocycles. The van der Waals surface area contributed by atoms with Gasteiger partial charge in [-0.15, -0.1) is 0 Å². The quantitative estimate of drug-likeness (QED) is 0.908. The SMILES string of the molecule is O=C(Nc1cccc(N2CCCC2)c1)c1ccccc1O. The Hall–Kier alpha value is -2.49. The Labute approximate surface area is 124 Å². The average Bonchev–Trinajstić information content (AvgIpc) is 3.02. The van der Waals surface area contributed by atoms with Crippen LogP contribution >= 0.6 is 0 Å². The van der Waals surface area contributed by atoms with Crippen LogP contribution in [0.25, 0.3) is 0 Å². The first-order valence-corrected chi connectivity index (χ1v) is 7.18. The van der Waals surface area contributed by atoms with E-state index in [4.69, 9.17) is 0 Å². The maximum atomic E-state index is 12.2. The van der Waals surface area contributed by atoms with Crippen molar-refractivity contribution in [3.05, 3.63) is 54.1 Å². The number of benzene rings is 2. The van der Waals surface area contributed by atoms with E-state index in [1.165, 1.54) is 18.9 Å². The lowest BCUT2D eigenvalue weighted by atomic mass is 10.2. The Morgan fingerprint density at radius 1 is 1.05 bits per heavy atom. The first-order valence-electron chi connectivity index (χ1n) is 7.18. The molecule has 1 aliphatic heterocycles. The number of hydrogen-bond donors (Lipinski definition) is 2. The normalized spacial score (nSPS) is 14.2. The maximum Gasteiger partial charge on any atom is 0.259 e. The van der Waals surface area contributed by atoms with Gasteiger partial charge in [-0.25, -0.2) is 0 Å². The Kier molecular flexibility index (Phi) is 3.77. The molecule has 1 saturated heterocycles. The lowest BCUT2D eigenvalue weighted by Gasteiger charge is -2.18. The number of carbonyl (C=O) groups is 1. The number of hydrogen-bond acceptors (Lipinski definition) is 3. The third-order valence-electron chi connectivity index (χ3n) is 3.72. The number of aromatic hydroxyl groups is 1. The molecule has 1 aliphatic rings. The summed E-state index contributed by atoms with van der Waals surface area (Å²) in [5.74, 6) is -0.308. The van der Waals surface area contributed by atoms with Crippen molar-refractivity contribution in [2.45, 2.75) is 12.8 Å². The highest BCUT2D eigenvalue weighted by Gasteiger charge is 2.14. The summed E-state index contributed by atoms with van der Waals surface area (Å²) in [6.45, 7) is 2.13. The van der Waals surface area contributed by atoms with E-state index in [2.05, 4.69) is 16.3 Å². The zero-order valence-corrected chi connectivity index (χ0v) is 11.7. The zero-order chi connectivity index (χ0) is 14.7. The number of phenolic OH excluding ortho intramolecular Hbond substituents is 1. The molecule has 0 radical (unpaired) electrons. The summed E-state index contributed by atoms with van der Waals surface area (Å²) in [5.41, 5.74) is 2.15. The van der Waals surface area contributed by atoms with Gasteiger partial charge in [-0.3, -0.25) is 4.79 Å².